The highest BCUT2D eigenvalue weighted by Crippen LogP contribution is 2.41. The summed E-state index contributed by atoms with van der Waals surface area (Å²) in [5.41, 5.74) is 0. The average Bonchev–Trinajstić information content (AvgIpc) is 1.73. The maximum Gasteiger partial charge on any atom is 0.414 e. The van der Waals surface area contributed by atoms with E-state index in [0.29, 0.717) is 0 Å². The molecule has 0 aromatic rings. The third kappa shape index (κ3) is 1.11. The number of hydrogen-bond donors (Lipinski definition) is 0. The molecule has 0 bridgehead atoms. The minimum Gasteiger partial charge on any atom is -0.246 e. The Labute approximate surface area is 52.1 Å². The lowest BCUT2D eigenvalue weighted by molar-refractivity contribution is -0.323. The van der Waals surface area contributed by atoms with Crippen LogP contribution in [0.4, 0.5) is 22.0 Å². The number of ether oxygens (including phenoxy) is 1. The van der Waals surface area contributed by atoms with E-state index < -0.39 is 24.1 Å². The first-order chi connectivity index (χ1) is 4.33. The third-order valence-electron chi connectivity index (χ3n) is 0.837. The Morgan fingerprint density at radius 1 is 1.20 bits per heavy atom. The molecule has 10 heavy (non-hydrogen) atoms. The monoisotopic (exact) mass is 160 g/mol. The van der Waals surface area contributed by atoms with E-state index in [1.165, 1.54) is 0 Å². The molecule has 0 aliphatic carbocycles. The van der Waals surface area contributed by atoms with Crippen LogP contribution in [0.5, 0.6) is 0 Å². The Morgan fingerprint density at radius 3 is 1.80 bits per heavy atom. The van der Waals surface area contributed by atoms with Gasteiger partial charge in [-0.05, 0) is 0 Å². The zero-order valence-electron chi connectivity index (χ0n) is 4.38. The third-order valence-corrected chi connectivity index (χ3v) is 0.837. The van der Waals surface area contributed by atoms with Crippen molar-refractivity contribution in [3.05, 3.63) is 11.9 Å². The summed E-state index contributed by atoms with van der Waals surface area (Å²) in [7, 11) is 0. The van der Waals surface area contributed by atoms with Crippen molar-refractivity contribution in [2.24, 2.45) is 0 Å². The zero-order valence-corrected chi connectivity index (χ0v) is 4.38. The molecule has 1 heterocycles. The molecule has 0 fully saturated rings. The molecule has 0 unspecified atom stereocenters. The van der Waals surface area contributed by atoms with Gasteiger partial charge in [-0.15, -0.1) is 0 Å². The maximum atomic E-state index is 11.7. The molecule has 58 valence electrons. The summed E-state index contributed by atoms with van der Waals surface area (Å²) in [6.07, 6.45) is -9.22. The lowest BCUT2D eigenvalue weighted by Crippen LogP contribution is -2.23. The Morgan fingerprint density at radius 2 is 1.70 bits per heavy atom. The van der Waals surface area contributed by atoms with E-state index >= 15 is 0 Å². The highest BCUT2D eigenvalue weighted by Gasteiger charge is 2.54. The lowest BCUT2D eigenvalue weighted by Gasteiger charge is -2.10. The van der Waals surface area contributed by atoms with Crippen molar-refractivity contribution in [1.82, 2.24) is 0 Å². The SMILES string of the molecule is FC1=CC(F)(F)OC1(F)F. The van der Waals surface area contributed by atoms with Gasteiger partial charge in [0.05, 0.1) is 6.08 Å². The number of halogens is 5. The number of alkyl halides is 4. The Balaban J connectivity index is 2.89. The minimum atomic E-state index is -4.47. The molecule has 1 aliphatic rings. The van der Waals surface area contributed by atoms with Gasteiger partial charge in [0.15, 0.2) is 0 Å². The highest BCUT2D eigenvalue weighted by molar-refractivity contribution is 5.09. The van der Waals surface area contributed by atoms with Gasteiger partial charge in [-0.2, -0.15) is 17.6 Å². The standard InChI is InChI=1S/C4HF5O/c5-2-1-3(6,7)10-4(2,8)9/h1H. The van der Waals surface area contributed by atoms with Crippen molar-refractivity contribution in [3.8, 4) is 0 Å². The second-order valence-corrected chi connectivity index (χ2v) is 1.67. The molecule has 0 N–H and O–H groups in total. The molecule has 1 aliphatic heterocycles. The predicted molar refractivity (Wildman–Crippen MR) is 20.2 cm³/mol. The van der Waals surface area contributed by atoms with Crippen LogP contribution in [-0.4, -0.2) is 12.2 Å². The van der Waals surface area contributed by atoms with Crippen LogP contribution < -0.4 is 0 Å². The van der Waals surface area contributed by atoms with E-state index in [4.69, 9.17) is 0 Å². The van der Waals surface area contributed by atoms with E-state index in [-0.39, 0.29) is 0 Å². The number of rotatable bonds is 0. The molecule has 0 radical (unpaired) electrons. The van der Waals surface area contributed by atoms with E-state index in [9.17, 15) is 22.0 Å². The van der Waals surface area contributed by atoms with Gasteiger partial charge in [0.25, 0.3) is 0 Å². The largest absolute Gasteiger partial charge is 0.414 e. The molecule has 0 aromatic carbocycles. The molecule has 0 saturated heterocycles. The second kappa shape index (κ2) is 1.69. The van der Waals surface area contributed by atoms with Gasteiger partial charge in [-0.25, -0.2) is 9.13 Å². The molecule has 0 atom stereocenters. The summed E-state index contributed by atoms with van der Waals surface area (Å²) in [6.45, 7) is 0. The van der Waals surface area contributed by atoms with Crippen LogP contribution in [0.15, 0.2) is 11.9 Å². The molecule has 0 saturated carbocycles. The van der Waals surface area contributed by atoms with Gasteiger partial charge < -0.3 is 0 Å². The number of hydrogen-bond acceptors (Lipinski definition) is 1. The maximum absolute atomic E-state index is 11.7. The Bertz CT molecular complexity index is 184. The molecule has 6 heteroatoms. The van der Waals surface area contributed by atoms with Crippen LogP contribution in [-0.2, 0) is 4.74 Å². The predicted octanol–water partition coefficient (Wildman–Crippen LogP) is 2.06. The minimum absolute atomic E-state index is 0.562. The van der Waals surface area contributed by atoms with Crippen molar-refractivity contribution in [2.45, 2.75) is 12.2 Å². The first-order valence-corrected chi connectivity index (χ1v) is 2.18. The van der Waals surface area contributed by atoms with Crippen LogP contribution >= 0.6 is 0 Å². The Kier molecular flexibility index (Phi) is 1.26. The summed E-state index contributed by atoms with van der Waals surface area (Å²) in [5, 5.41) is 0. The van der Waals surface area contributed by atoms with Crippen LogP contribution in [0, 0.1) is 0 Å². The molecular weight excluding hydrogens is 159 g/mol. The van der Waals surface area contributed by atoms with Gasteiger partial charge in [0.1, 0.15) is 0 Å². The second-order valence-electron chi connectivity index (χ2n) is 1.67. The first kappa shape index (κ1) is 7.46. The van der Waals surface area contributed by atoms with Gasteiger partial charge >= 0.3 is 12.2 Å². The van der Waals surface area contributed by atoms with Crippen molar-refractivity contribution >= 4 is 0 Å². The normalized spacial score (nSPS) is 28.3. The fraction of sp³-hybridized carbons (Fsp3) is 0.500. The van der Waals surface area contributed by atoms with E-state index in [2.05, 4.69) is 4.74 Å². The lowest BCUT2D eigenvalue weighted by atomic mass is 10.5. The fourth-order valence-electron chi connectivity index (χ4n) is 0.481. The highest BCUT2D eigenvalue weighted by atomic mass is 19.3. The smallest absolute Gasteiger partial charge is 0.246 e. The Hall–Kier alpha value is -0.650. The van der Waals surface area contributed by atoms with Crippen LogP contribution in [0.1, 0.15) is 0 Å². The van der Waals surface area contributed by atoms with Gasteiger partial charge in [0.2, 0.25) is 5.83 Å². The van der Waals surface area contributed by atoms with Crippen LogP contribution in [0.25, 0.3) is 0 Å². The molecular formula is C4HF5O. The van der Waals surface area contributed by atoms with Gasteiger partial charge in [0, 0.05) is 0 Å². The fourth-order valence-corrected chi connectivity index (χ4v) is 0.481. The van der Waals surface area contributed by atoms with Crippen LogP contribution in [0.3, 0.4) is 0 Å². The van der Waals surface area contributed by atoms with Gasteiger partial charge in [-0.1, -0.05) is 0 Å². The quantitative estimate of drug-likeness (QED) is 0.493. The average molecular weight is 160 g/mol. The van der Waals surface area contributed by atoms with Gasteiger partial charge in [-0.3, -0.25) is 0 Å². The summed E-state index contributed by atoms with van der Waals surface area (Å²) in [5.74, 6) is -2.25. The van der Waals surface area contributed by atoms with Crippen molar-refractivity contribution < 1.29 is 26.7 Å². The molecule has 0 aromatic heterocycles. The first-order valence-electron chi connectivity index (χ1n) is 2.18. The summed E-state index contributed by atoms with van der Waals surface area (Å²) < 4.78 is 61.1. The van der Waals surface area contributed by atoms with Crippen molar-refractivity contribution in [1.29, 1.82) is 0 Å². The molecule has 0 spiro atoms. The van der Waals surface area contributed by atoms with E-state index in [1.807, 2.05) is 0 Å². The summed E-state index contributed by atoms with van der Waals surface area (Å²) in [4.78, 5) is 0. The van der Waals surface area contributed by atoms with E-state index in [0.717, 1.165) is 0 Å². The summed E-state index contributed by atoms with van der Waals surface area (Å²) >= 11 is 0. The molecule has 1 nitrogen and oxygen atoms in total. The topological polar surface area (TPSA) is 9.23 Å². The summed E-state index contributed by atoms with van der Waals surface area (Å²) in [6, 6.07) is 0. The zero-order chi connectivity index (χ0) is 7.99. The molecule has 1 rings (SSSR count). The van der Waals surface area contributed by atoms with Crippen LogP contribution in [0.2, 0.25) is 0 Å². The van der Waals surface area contributed by atoms with E-state index in [1.54, 1.807) is 0 Å². The molecule has 0 amide bonds. The van der Waals surface area contributed by atoms with Crippen molar-refractivity contribution in [3.63, 3.8) is 0 Å². The van der Waals surface area contributed by atoms with Crippen molar-refractivity contribution in [2.75, 3.05) is 0 Å².